The molecule has 61 heavy (non-hydrogen) atoms. The summed E-state index contributed by atoms with van der Waals surface area (Å²) in [7, 11) is 0. The highest BCUT2D eigenvalue weighted by molar-refractivity contribution is 5.90. The molecule has 1 aliphatic carbocycles. The van der Waals surface area contributed by atoms with Crippen molar-refractivity contribution in [3.63, 3.8) is 0 Å². The number of hydrogen-bond acceptors (Lipinski definition) is 3. The zero-order valence-electron chi connectivity index (χ0n) is 33.4. The van der Waals surface area contributed by atoms with Gasteiger partial charge in [0, 0.05) is 22.6 Å². The molecule has 286 valence electrons. The Morgan fingerprint density at radius 1 is 0.213 bits per heavy atom. The van der Waals surface area contributed by atoms with Crippen LogP contribution in [-0.2, 0) is 0 Å². The maximum absolute atomic E-state index is 5.34. The third-order valence-electron chi connectivity index (χ3n) is 11.9. The van der Waals surface area contributed by atoms with Crippen molar-refractivity contribution in [1.29, 1.82) is 0 Å². The first-order chi connectivity index (χ1) is 30.2. The van der Waals surface area contributed by atoms with Crippen LogP contribution >= 0.6 is 0 Å². The van der Waals surface area contributed by atoms with Crippen LogP contribution in [0.2, 0.25) is 0 Å². The summed E-state index contributed by atoms with van der Waals surface area (Å²) in [6, 6.07) is 82.0. The Balaban J connectivity index is 1.17. The SMILES string of the molecule is c1ccc(-c2ccc3c(c2)-c2cc(-c4ccccc4)ccc2C3c2ccc(-c3ccccc3-c3ccccc3)cc2-c2nc(-c3ccccc3)nc(-c3ccccc3)n2)cc1. The van der Waals surface area contributed by atoms with Crippen molar-refractivity contribution in [2.24, 2.45) is 0 Å². The summed E-state index contributed by atoms with van der Waals surface area (Å²) in [5, 5.41) is 0. The maximum Gasteiger partial charge on any atom is 0.164 e. The van der Waals surface area contributed by atoms with Gasteiger partial charge in [-0.05, 0) is 90.5 Å². The highest BCUT2D eigenvalue weighted by Crippen LogP contribution is 2.52. The van der Waals surface area contributed by atoms with Gasteiger partial charge in [0.1, 0.15) is 0 Å². The Labute approximate surface area is 356 Å². The molecule has 0 spiro atoms. The minimum Gasteiger partial charge on any atom is -0.208 e. The van der Waals surface area contributed by atoms with E-state index >= 15 is 0 Å². The van der Waals surface area contributed by atoms with Crippen LogP contribution in [0.25, 0.3) is 89.8 Å². The average molecular weight is 778 g/mol. The molecule has 0 saturated heterocycles. The predicted molar refractivity (Wildman–Crippen MR) is 251 cm³/mol. The number of fused-ring (bicyclic) bond motifs is 3. The second kappa shape index (κ2) is 15.6. The lowest BCUT2D eigenvalue weighted by Gasteiger charge is -2.21. The van der Waals surface area contributed by atoms with Gasteiger partial charge in [0.2, 0.25) is 0 Å². The van der Waals surface area contributed by atoms with E-state index in [9.17, 15) is 0 Å². The maximum atomic E-state index is 5.34. The fourth-order valence-corrected chi connectivity index (χ4v) is 8.91. The number of aromatic nitrogens is 3. The number of rotatable bonds is 8. The fourth-order valence-electron chi connectivity index (χ4n) is 8.91. The van der Waals surface area contributed by atoms with Gasteiger partial charge in [-0.1, -0.05) is 212 Å². The van der Waals surface area contributed by atoms with E-state index in [2.05, 4.69) is 194 Å². The molecular weight excluding hydrogens is 739 g/mol. The van der Waals surface area contributed by atoms with Crippen molar-refractivity contribution < 1.29 is 0 Å². The van der Waals surface area contributed by atoms with Gasteiger partial charge in [-0.2, -0.15) is 0 Å². The van der Waals surface area contributed by atoms with Gasteiger partial charge in [-0.3, -0.25) is 0 Å². The predicted octanol–water partition coefficient (Wildman–Crippen LogP) is 14.7. The van der Waals surface area contributed by atoms with E-state index in [-0.39, 0.29) is 5.92 Å². The van der Waals surface area contributed by atoms with Crippen LogP contribution in [0.1, 0.15) is 22.6 Å². The fraction of sp³-hybridized carbons (Fsp3) is 0.0172. The molecule has 0 atom stereocenters. The number of hydrogen-bond donors (Lipinski definition) is 0. The molecule has 9 aromatic carbocycles. The van der Waals surface area contributed by atoms with E-state index in [4.69, 9.17) is 15.0 Å². The molecule has 1 aromatic heterocycles. The number of nitrogens with zero attached hydrogens (tertiary/aromatic N) is 3. The third kappa shape index (κ3) is 6.82. The molecule has 0 N–H and O–H groups in total. The van der Waals surface area contributed by atoms with Crippen LogP contribution in [0.15, 0.2) is 231 Å². The van der Waals surface area contributed by atoms with Gasteiger partial charge in [0.05, 0.1) is 0 Å². The molecule has 0 saturated carbocycles. The normalized spacial score (nSPS) is 11.9. The molecule has 0 fully saturated rings. The molecule has 1 aliphatic rings. The Morgan fingerprint density at radius 2 is 0.541 bits per heavy atom. The van der Waals surface area contributed by atoms with Gasteiger partial charge < -0.3 is 0 Å². The lowest BCUT2D eigenvalue weighted by molar-refractivity contribution is 1.00. The van der Waals surface area contributed by atoms with Gasteiger partial charge in [0.25, 0.3) is 0 Å². The first kappa shape index (κ1) is 36.1. The first-order valence-electron chi connectivity index (χ1n) is 20.8. The lowest BCUT2D eigenvalue weighted by atomic mass is 9.83. The monoisotopic (exact) mass is 777 g/mol. The molecule has 0 amide bonds. The Morgan fingerprint density at radius 3 is 1.00 bits per heavy atom. The van der Waals surface area contributed by atoms with E-state index in [0.717, 1.165) is 33.4 Å². The lowest BCUT2D eigenvalue weighted by Crippen LogP contribution is -2.06. The smallest absolute Gasteiger partial charge is 0.164 e. The van der Waals surface area contributed by atoms with Gasteiger partial charge in [0.15, 0.2) is 17.5 Å². The summed E-state index contributed by atoms with van der Waals surface area (Å²) >= 11 is 0. The summed E-state index contributed by atoms with van der Waals surface area (Å²) < 4.78 is 0. The van der Waals surface area contributed by atoms with Crippen molar-refractivity contribution in [3.8, 4) is 89.8 Å². The summed E-state index contributed by atoms with van der Waals surface area (Å²) in [6.07, 6.45) is 0. The van der Waals surface area contributed by atoms with Crippen molar-refractivity contribution in [2.45, 2.75) is 5.92 Å². The zero-order chi connectivity index (χ0) is 40.5. The van der Waals surface area contributed by atoms with Gasteiger partial charge in [-0.25, -0.2) is 15.0 Å². The summed E-state index contributed by atoms with van der Waals surface area (Å²) in [5.74, 6) is 1.83. The molecular formula is C58H39N3. The Kier molecular flexibility index (Phi) is 9.25. The van der Waals surface area contributed by atoms with E-state index in [0.29, 0.717) is 17.5 Å². The van der Waals surface area contributed by atoms with Crippen molar-refractivity contribution in [2.75, 3.05) is 0 Å². The third-order valence-corrected chi connectivity index (χ3v) is 11.9. The summed E-state index contributed by atoms with van der Waals surface area (Å²) in [4.78, 5) is 15.8. The largest absolute Gasteiger partial charge is 0.208 e. The molecule has 0 unspecified atom stereocenters. The molecule has 0 aliphatic heterocycles. The van der Waals surface area contributed by atoms with Crippen molar-refractivity contribution >= 4 is 0 Å². The van der Waals surface area contributed by atoms with Crippen LogP contribution in [0.3, 0.4) is 0 Å². The quantitative estimate of drug-likeness (QED) is 0.154. The molecule has 0 bridgehead atoms. The molecule has 3 heteroatoms. The number of benzene rings is 9. The average Bonchev–Trinajstić information content (AvgIpc) is 3.68. The van der Waals surface area contributed by atoms with Crippen LogP contribution in [0.5, 0.6) is 0 Å². The van der Waals surface area contributed by atoms with Crippen LogP contribution in [0, 0.1) is 0 Å². The van der Waals surface area contributed by atoms with Crippen LogP contribution in [-0.4, -0.2) is 15.0 Å². The van der Waals surface area contributed by atoms with Crippen molar-refractivity contribution in [1.82, 2.24) is 15.0 Å². The molecule has 1 heterocycles. The standard InChI is InChI=1S/C58H39N3/c1-6-18-39(19-7-1)44-30-33-49-52(36-44)53-37-45(40-20-8-2-9-21-40)31-34-50(53)55(49)51-35-32-46(48-29-17-16-28-47(48)41-22-10-3-11-23-41)38-54(51)58-60-56(42-24-12-4-13-25-42)59-57(61-58)43-26-14-5-15-27-43/h1-38,55H. The Bertz CT molecular complexity index is 3020. The second-order valence-electron chi connectivity index (χ2n) is 15.5. The zero-order valence-corrected chi connectivity index (χ0v) is 33.4. The van der Waals surface area contributed by atoms with E-state index in [1.54, 1.807) is 0 Å². The summed E-state index contributed by atoms with van der Waals surface area (Å²) in [5.41, 5.74) is 18.4. The van der Waals surface area contributed by atoms with E-state index in [1.165, 1.54) is 55.6 Å². The van der Waals surface area contributed by atoms with Crippen LogP contribution < -0.4 is 0 Å². The highest BCUT2D eigenvalue weighted by Gasteiger charge is 2.33. The molecule has 3 nitrogen and oxygen atoms in total. The minimum absolute atomic E-state index is 0.0785. The highest BCUT2D eigenvalue weighted by atomic mass is 15.0. The summed E-state index contributed by atoms with van der Waals surface area (Å²) in [6.45, 7) is 0. The molecule has 0 radical (unpaired) electrons. The molecule has 11 rings (SSSR count). The van der Waals surface area contributed by atoms with Crippen molar-refractivity contribution in [3.05, 3.63) is 247 Å². The second-order valence-corrected chi connectivity index (χ2v) is 15.5. The Hall–Kier alpha value is -8.01. The first-order valence-corrected chi connectivity index (χ1v) is 20.8. The van der Waals surface area contributed by atoms with E-state index < -0.39 is 0 Å². The van der Waals surface area contributed by atoms with Gasteiger partial charge >= 0.3 is 0 Å². The van der Waals surface area contributed by atoms with Crippen LogP contribution in [0.4, 0.5) is 0 Å². The topological polar surface area (TPSA) is 38.7 Å². The molecule has 10 aromatic rings. The van der Waals surface area contributed by atoms with Gasteiger partial charge in [-0.15, -0.1) is 0 Å². The van der Waals surface area contributed by atoms with E-state index in [1.807, 2.05) is 36.4 Å². The minimum atomic E-state index is -0.0785.